The fraction of sp³-hybridized carbons (Fsp3) is 0.647. The van der Waals surface area contributed by atoms with Crippen LogP contribution in [-0.2, 0) is 21.0 Å². The predicted molar refractivity (Wildman–Crippen MR) is 81.3 cm³/mol. The summed E-state index contributed by atoms with van der Waals surface area (Å²) in [6.45, 7) is 13.5. The molecule has 1 aromatic carbocycles. The molecule has 1 aromatic rings. The molecule has 0 spiro atoms. The molecule has 1 rings (SSSR count). The van der Waals surface area contributed by atoms with E-state index in [2.05, 4.69) is 6.92 Å². The second kappa shape index (κ2) is 5.84. The van der Waals surface area contributed by atoms with E-state index in [9.17, 15) is 5.11 Å². The number of rotatable bonds is 6. The third-order valence-electron chi connectivity index (χ3n) is 3.59. The van der Waals surface area contributed by atoms with Crippen molar-refractivity contribution in [3.8, 4) is 0 Å². The molecule has 3 nitrogen and oxygen atoms in total. The second-order valence-corrected chi connectivity index (χ2v) is 6.93. The van der Waals surface area contributed by atoms with E-state index in [0.717, 1.165) is 17.5 Å². The fourth-order valence-electron chi connectivity index (χ4n) is 1.60. The van der Waals surface area contributed by atoms with Crippen molar-refractivity contribution in [3.63, 3.8) is 0 Å². The molecule has 0 saturated heterocycles. The number of hydrogen-bond donors (Lipinski definition) is 1. The van der Waals surface area contributed by atoms with Gasteiger partial charge in [0.25, 0.3) is 0 Å². The third-order valence-corrected chi connectivity index (χ3v) is 3.59. The topological polar surface area (TPSA) is 38.7 Å². The molecule has 1 N–H and O–H groups in total. The van der Waals surface area contributed by atoms with Gasteiger partial charge >= 0.3 is 0 Å². The monoisotopic (exact) mass is 280 g/mol. The summed E-state index contributed by atoms with van der Waals surface area (Å²) in [6.07, 6.45) is 0.868. The highest BCUT2D eigenvalue weighted by Gasteiger charge is 2.28. The summed E-state index contributed by atoms with van der Waals surface area (Å²) in [5.41, 5.74) is 0.0829. The summed E-state index contributed by atoms with van der Waals surface area (Å²) in [6, 6.07) is 7.79. The van der Waals surface area contributed by atoms with Crippen LogP contribution in [0.5, 0.6) is 0 Å². The lowest BCUT2D eigenvalue weighted by molar-refractivity contribution is -0.405. The first-order valence-corrected chi connectivity index (χ1v) is 7.18. The van der Waals surface area contributed by atoms with Gasteiger partial charge in [0.2, 0.25) is 0 Å². The Balaban J connectivity index is 2.93. The van der Waals surface area contributed by atoms with E-state index >= 15 is 0 Å². The molecule has 0 aliphatic heterocycles. The van der Waals surface area contributed by atoms with Crippen molar-refractivity contribution in [1.82, 2.24) is 0 Å². The molecular formula is C17H28O3. The summed E-state index contributed by atoms with van der Waals surface area (Å²) in [7, 11) is 0. The average Bonchev–Trinajstić information content (AvgIpc) is 2.36. The van der Waals surface area contributed by atoms with Crippen molar-refractivity contribution in [2.45, 2.75) is 71.7 Å². The van der Waals surface area contributed by atoms with E-state index in [0.29, 0.717) is 0 Å². The van der Waals surface area contributed by atoms with Crippen LogP contribution in [-0.4, -0.2) is 10.7 Å². The molecule has 0 aliphatic rings. The predicted octanol–water partition coefficient (Wildman–Crippen LogP) is 4.29. The number of aliphatic hydroxyl groups is 1. The SMILES string of the molecule is CCC(C)(C)OOC(C)(C)c1cccc(C(C)(C)O)c1. The van der Waals surface area contributed by atoms with Crippen molar-refractivity contribution in [2.75, 3.05) is 0 Å². The van der Waals surface area contributed by atoms with Crippen LogP contribution in [0.15, 0.2) is 24.3 Å². The highest BCUT2D eigenvalue weighted by molar-refractivity contribution is 5.30. The normalized spacial score (nSPS) is 13.6. The second-order valence-electron chi connectivity index (χ2n) is 6.93. The van der Waals surface area contributed by atoms with E-state index in [4.69, 9.17) is 9.78 Å². The van der Waals surface area contributed by atoms with Crippen molar-refractivity contribution in [2.24, 2.45) is 0 Å². The lowest BCUT2D eigenvalue weighted by Gasteiger charge is -2.31. The highest BCUT2D eigenvalue weighted by Crippen LogP contribution is 2.30. The van der Waals surface area contributed by atoms with Gasteiger partial charge in [-0.3, -0.25) is 0 Å². The molecule has 0 bridgehead atoms. The van der Waals surface area contributed by atoms with Gasteiger partial charge in [-0.05, 0) is 65.2 Å². The van der Waals surface area contributed by atoms with Crippen molar-refractivity contribution in [3.05, 3.63) is 35.4 Å². The Hall–Kier alpha value is -0.900. The maximum atomic E-state index is 10.1. The Morgan fingerprint density at radius 2 is 1.50 bits per heavy atom. The molecular weight excluding hydrogens is 252 g/mol. The van der Waals surface area contributed by atoms with E-state index in [1.807, 2.05) is 52.0 Å². The van der Waals surface area contributed by atoms with Crippen LogP contribution in [0.2, 0.25) is 0 Å². The van der Waals surface area contributed by atoms with Crippen LogP contribution in [0.1, 0.15) is 66.0 Å². The van der Waals surface area contributed by atoms with Crippen LogP contribution in [0.3, 0.4) is 0 Å². The Morgan fingerprint density at radius 3 is 2.00 bits per heavy atom. The Morgan fingerprint density at radius 1 is 0.950 bits per heavy atom. The summed E-state index contributed by atoms with van der Waals surface area (Å²) in [4.78, 5) is 11.2. The molecule has 0 aromatic heterocycles. The van der Waals surface area contributed by atoms with Gasteiger partial charge in [0.05, 0.1) is 11.2 Å². The smallest absolute Gasteiger partial charge is 0.123 e. The number of hydrogen-bond acceptors (Lipinski definition) is 3. The maximum absolute atomic E-state index is 10.1. The molecule has 0 amide bonds. The van der Waals surface area contributed by atoms with Gasteiger partial charge in [0.1, 0.15) is 5.60 Å². The van der Waals surface area contributed by atoms with Gasteiger partial charge in [-0.1, -0.05) is 25.1 Å². The molecule has 0 fully saturated rings. The first-order valence-electron chi connectivity index (χ1n) is 7.18. The quantitative estimate of drug-likeness (QED) is 0.624. The van der Waals surface area contributed by atoms with Crippen LogP contribution in [0.25, 0.3) is 0 Å². The highest BCUT2D eigenvalue weighted by atomic mass is 17.2. The van der Waals surface area contributed by atoms with Gasteiger partial charge in [0.15, 0.2) is 0 Å². The number of benzene rings is 1. The largest absolute Gasteiger partial charge is 0.386 e. The minimum atomic E-state index is -0.865. The van der Waals surface area contributed by atoms with Crippen LogP contribution in [0, 0.1) is 0 Å². The average molecular weight is 280 g/mol. The van der Waals surface area contributed by atoms with Gasteiger partial charge in [-0.2, -0.15) is 0 Å². The van der Waals surface area contributed by atoms with Gasteiger partial charge in [-0.15, -0.1) is 0 Å². The maximum Gasteiger partial charge on any atom is 0.123 e. The van der Waals surface area contributed by atoms with Crippen LogP contribution in [0.4, 0.5) is 0 Å². The minimum Gasteiger partial charge on any atom is -0.386 e. The van der Waals surface area contributed by atoms with Crippen molar-refractivity contribution < 1.29 is 14.9 Å². The first kappa shape index (κ1) is 17.2. The first-order chi connectivity index (χ1) is 8.98. The molecule has 0 atom stereocenters. The molecule has 0 heterocycles. The molecule has 0 unspecified atom stereocenters. The van der Waals surface area contributed by atoms with Gasteiger partial charge < -0.3 is 5.11 Å². The lowest BCUT2D eigenvalue weighted by Crippen LogP contribution is -2.31. The zero-order chi connectivity index (χ0) is 15.6. The standard InChI is InChI=1S/C17H28O3/c1-8-15(2,3)19-20-17(6,7)14-11-9-10-13(12-14)16(4,5)18/h9-12,18H,8H2,1-7H3. The molecule has 114 valence electrons. The van der Waals surface area contributed by atoms with E-state index < -0.39 is 11.2 Å². The summed E-state index contributed by atoms with van der Waals surface area (Å²) in [5.74, 6) is 0. The zero-order valence-corrected chi connectivity index (χ0v) is 13.8. The zero-order valence-electron chi connectivity index (χ0n) is 13.8. The van der Waals surface area contributed by atoms with Crippen molar-refractivity contribution in [1.29, 1.82) is 0 Å². The fourth-order valence-corrected chi connectivity index (χ4v) is 1.60. The summed E-state index contributed by atoms with van der Waals surface area (Å²) >= 11 is 0. The minimum absolute atomic E-state index is 0.314. The summed E-state index contributed by atoms with van der Waals surface area (Å²) < 4.78 is 0. The Labute approximate surface area is 122 Å². The molecule has 0 radical (unpaired) electrons. The van der Waals surface area contributed by atoms with Gasteiger partial charge in [0, 0.05) is 0 Å². The van der Waals surface area contributed by atoms with Crippen molar-refractivity contribution >= 4 is 0 Å². The van der Waals surface area contributed by atoms with Crippen LogP contribution < -0.4 is 0 Å². The molecule has 20 heavy (non-hydrogen) atoms. The Bertz CT molecular complexity index is 442. The lowest BCUT2D eigenvalue weighted by atomic mass is 9.91. The van der Waals surface area contributed by atoms with E-state index in [1.54, 1.807) is 13.8 Å². The third kappa shape index (κ3) is 4.58. The molecule has 3 heteroatoms. The molecule has 0 saturated carbocycles. The van der Waals surface area contributed by atoms with Crippen LogP contribution >= 0.6 is 0 Å². The Kier molecular flexibility index (Phi) is 5.01. The summed E-state index contributed by atoms with van der Waals surface area (Å²) in [5, 5.41) is 10.1. The molecule has 0 aliphatic carbocycles. The van der Waals surface area contributed by atoms with Gasteiger partial charge in [-0.25, -0.2) is 9.78 Å². The van der Waals surface area contributed by atoms with E-state index in [1.165, 1.54) is 0 Å². The van der Waals surface area contributed by atoms with E-state index in [-0.39, 0.29) is 5.60 Å².